The van der Waals surface area contributed by atoms with Crippen molar-refractivity contribution in [2.24, 2.45) is 35.5 Å². The minimum Gasteiger partial charge on any atom is -0.481 e. The van der Waals surface area contributed by atoms with Crippen molar-refractivity contribution in [1.82, 2.24) is 19.9 Å². The molecule has 0 bridgehead atoms. The molecule has 10 atom stereocenters. The summed E-state index contributed by atoms with van der Waals surface area (Å²) in [5.41, 5.74) is 0.628. The number of carbonyl (C=O) groups is 2. The molecule has 2 aromatic heterocycles. The first-order chi connectivity index (χ1) is 27.1. The summed E-state index contributed by atoms with van der Waals surface area (Å²) in [5, 5.41) is 9.00. The Balaban J connectivity index is 0.000000148. The highest BCUT2D eigenvalue weighted by atomic mass is 19.3. The van der Waals surface area contributed by atoms with Crippen molar-refractivity contribution in [2.75, 3.05) is 66.0 Å². The Labute approximate surface area is 326 Å². The number of ether oxygens (including phenoxy) is 1. The van der Waals surface area contributed by atoms with E-state index in [-0.39, 0.29) is 79.4 Å². The van der Waals surface area contributed by atoms with E-state index in [1.54, 1.807) is 23.6 Å². The van der Waals surface area contributed by atoms with Gasteiger partial charge in [0.05, 0.1) is 32.3 Å². The molecule has 1 N–H and O–H groups in total. The summed E-state index contributed by atoms with van der Waals surface area (Å²) < 4.78 is 90.7. The maximum atomic E-state index is 14.7. The second-order valence-corrected chi connectivity index (χ2v) is 17.5. The van der Waals surface area contributed by atoms with E-state index in [9.17, 15) is 35.9 Å². The predicted octanol–water partition coefficient (Wildman–Crippen LogP) is 5.30. The Morgan fingerprint density at radius 1 is 0.684 bits per heavy atom. The normalized spacial score (nSPS) is 34.8. The van der Waals surface area contributed by atoms with Gasteiger partial charge in [-0.3, -0.25) is 9.59 Å². The molecule has 2 aromatic rings. The van der Waals surface area contributed by atoms with Crippen molar-refractivity contribution in [2.45, 2.75) is 101 Å². The van der Waals surface area contributed by atoms with Crippen molar-refractivity contribution in [3.63, 3.8) is 0 Å². The maximum absolute atomic E-state index is 14.7. The molecule has 8 aliphatic rings. The number of hydrogen-bond acceptors (Lipinski definition) is 11. The topological polar surface area (TPSA) is 128 Å². The monoisotopic (exact) mass is 806 g/mol. The number of methoxy groups -OCH3 is 1. The molecule has 4 aliphatic heterocycles. The standard InChI is InChI=1S/C20H25F3N4O2.C19H23F3N4O2/c1-10-15(21)9-27(10)19-24-17-11(4-3-5-20(17,22)23)18(25-19)26-7-13-12(14(13)8-26)6-16(28)29-2;1-9-14(20)8-26(9)18-23-16-10(3-2-4-19(16,21)22)17(24-18)25-6-12-11(5-15(27)28)13(12)7-25/h10,12-15H,3-9H2,1-2H3;9,11-14H,2-8H2,1H3,(H,27,28)/t10?,12?,13-,14+,15?;9?,11?,12-,13+,14?. The van der Waals surface area contributed by atoms with E-state index in [0.717, 1.165) is 0 Å². The first-order valence-electron chi connectivity index (χ1n) is 20.2. The van der Waals surface area contributed by atoms with E-state index in [1.165, 1.54) is 7.11 Å². The van der Waals surface area contributed by atoms with Crippen LogP contribution in [0.3, 0.4) is 0 Å². The smallest absolute Gasteiger partial charge is 0.305 e. The third-order valence-electron chi connectivity index (χ3n) is 14.1. The van der Waals surface area contributed by atoms with Gasteiger partial charge in [0.2, 0.25) is 11.9 Å². The molecule has 2 saturated carbocycles. The average molecular weight is 807 g/mol. The minimum absolute atomic E-state index is 0.122. The van der Waals surface area contributed by atoms with Gasteiger partial charge in [-0.1, -0.05) is 0 Å². The fourth-order valence-corrected chi connectivity index (χ4v) is 10.4. The Morgan fingerprint density at radius 3 is 1.44 bits per heavy atom. The third-order valence-corrected chi connectivity index (χ3v) is 14.1. The average Bonchev–Trinajstić information content (AvgIpc) is 3.78. The highest BCUT2D eigenvalue weighted by molar-refractivity contribution is 5.70. The summed E-state index contributed by atoms with van der Waals surface area (Å²) in [6.45, 7) is 6.35. The second kappa shape index (κ2) is 13.7. The number of halogens is 6. The van der Waals surface area contributed by atoms with Crippen molar-refractivity contribution in [3.8, 4) is 0 Å². The van der Waals surface area contributed by atoms with Crippen LogP contribution in [-0.4, -0.2) is 108 Å². The number of carbonyl (C=O) groups excluding carboxylic acids is 1. The Hall–Kier alpha value is -4.12. The zero-order valence-electron chi connectivity index (χ0n) is 32.2. The molecule has 0 aromatic carbocycles. The fraction of sp³-hybridized carbons (Fsp3) is 0.744. The number of esters is 1. The first-order valence-corrected chi connectivity index (χ1v) is 20.2. The highest BCUT2D eigenvalue weighted by Crippen LogP contribution is 2.57. The van der Waals surface area contributed by atoms with Crippen LogP contribution in [0.4, 0.5) is 49.9 Å². The van der Waals surface area contributed by atoms with E-state index in [2.05, 4.69) is 24.8 Å². The molecule has 10 rings (SSSR count). The summed E-state index contributed by atoms with van der Waals surface area (Å²) in [6, 6.07) is -0.829. The molecule has 0 spiro atoms. The SMILES string of the molecule is CC1C(F)CN1c1nc(N2C[C@@H]3C(CC(=O)O)[C@@H]3C2)c2c(n1)C(F)(F)CCC2.COC(=O)CC1[C@H]2CN(c3nc(N4CC(F)C4C)nc4c3CCCC4(F)F)C[C@@H]12. The van der Waals surface area contributed by atoms with Crippen molar-refractivity contribution in [1.29, 1.82) is 0 Å². The number of aliphatic carboxylic acids is 1. The van der Waals surface area contributed by atoms with Gasteiger partial charge in [-0.15, -0.1) is 0 Å². The molecule has 0 radical (unpaired) electrons. The Bertz CT molecular complexity index is 1940. The molecule has 57 heavy (non-hydrogen) atoms. The van der Waals surface area contributed by atoms with E-state index >= 15 is 0 Å². The lowest BCUT2D eigenvalue weighted by atomic mass is 9.92. The van der Waals surface area contributed by atoms with E-state index in [1.807, 2.05) is 4.90 Å². The number of alkyl halides is 6. The number of anilines is 4. The molecule has 4 saturated heterocycles. The number of carboxylic acids is 1. The summed E-state index contributed by atoms with van der Waals surface area (Å²) in [6.07, 6.45) is -0.0559. The summed E-state index contributed by atoms with van der Waals surface area (Å²) in [4.78, 5) is 47.5. The zero-order valence-corrected chi connectivity index (χ0v) is 32.2. The number of carboxylic acid groups (broad SMARTS) is 1. The van der Waals surface area contributed by atoms with Gasteiger partial charge in [0, 0.05) is 63.0 Å². The second-order valence-electron chi connectivity index (χ2n) is 17.5. The number of nitrogens with zero attached hydrogens (tertiary/aromatic N) is 8. The van der Waals surface area contributed by atoms with Gasteiger partial charge in [0.25, 0.3) is 11.8 Å². The largest absolute Gasteiger partial charge is 0.481 e. The van der Waals surface area contributed by atoms with Crippen LogP contribution >= 0.6 is 0 Å². The summed E-state index contributed by atoms with van der Waals surface area (Å²) >= 11 is 0. The van der Waals surface area contributed by atoms with E-state index < -0.39 is 42.2 Å². The maximum Gasteiger partial charge on any atom is 0.305 e. The van der Waals surface area contributed by atoms with Crippen LogP contribution in [0.25, 0.3) is 0 Å². The molecule has 18 heteroatoms. The van der Waals surface area contributed by atoms with Crippen LogP contribution in [0.5, 0.6) is 0 Å². The van der Waals surface area contributed by atoms with Gasteiger partial charge in [0.1, 0.15) is 35.4 Å². The number of hydrogen-bond donors (Lipinski definition) is 1. The molecular formula is C39H48F6N8O4. The molecule has 310 valence electrons. The molecule has 0 amide bonds. The van der Waals surface area contributed by atoms with Crippen molar-refractivity contribution < 1.29 is 45.8 Å². The van der Waals surface area contributed by atoms with Gasteiger partial charge in [0.15, 0.2) is 0 Å². The van der Waals surface area contributed by atoms with Crippen LogP contribution in [0.2, 0.25) is 0 Å². The summed E-state index contributed by atoms with van der Waals surface area (Å²) in [5.74, 6) is -3.71. The van der Waals surface area contributed by atoms with E-state index in [4.69, 9.17) is 9.84 Å². The lowest BCUT2D eigenvalue weighted by Crippen LogP contribution is -2.57. The van der Waals surface area contributed by atoms with Crippen LogP contribution < -0.4 is 19.6 Å². The molecule has 4 aliphatic carbocycles. The van der Waals surface area contributed by atoms with Gasteiger partial charge < -0.3 is 29.4 Å². The van der Waals surface area contributed by atoms with Crippen molar-refractivity contribution in [3.05, 3.63) is 22.5 Å². The van der Waals surface area contributed by atoms with Crippen molar-refractivity contribution >= 4 is 35.5 Å². The van der Waals surface area contributed by atoms with Gasteiger partial charge >= 0.3 is 11.9 Å². The molecule has 12 nitrogen and oxygen atoms in total. The molecule has 6 fully saturated rings. The third kappa shape index (κ3) is 6.60. The van der Waals surface area contributed by atoms with Gasteiger partial charge in [-0.2, -0.15) is 27.5 Å². The van der Waals surface area contributed by atoms with Crippen LogP contribution in [0, 0.1) is 35.5 Å². The lowest BCUT2D eigenvalue weighted by molar-refractivity contribution is -0.141. The number of piperidine rings is 2. The van der Waals surface area contributed by atoms with Crippen LogP contribution in [0.15, 0.2) is 0 Å². The molecular weight excluding hydrogens is 758 g/mol. The lowest BCUT2D eigenvalue weighted by Gasteiger charge is -2.43. The zero-order chi connectivity index (χ0) is 40.3. The Morgan fingerprint density at radius 2 is 1.09 bits per heavy atom. The quantitative estimate of drug-likeness (QED) is 0.275. The first kappa shape index (κ1) is 38.4. The van der Waals surface area contributed by atoms with E-state index in [0.29, 0.717) is 98.8 Å². The number of fused-ring (bicyclic) bond motifs is 4. The van der Waals surface area contributed by atoms with Gasteiger partial charge in [-0.05, 0) is 75.0 Å². The summed E-state index contributed by atoms with van der Waals surface area (Å²) in [7, 11) is 1.39. The predicted molar refractivity (Wildman–Crippen MR) is 195 cm³/mol. The number of rotatable bonds is 8. The Kier molecular flexibility index (Phi) is 9.25. The minimum atomic E-state index is -3.00. The fourth-order valence-electron chi connectivity index (χ4n) is 10.4. The van der Waals surface area contributed by atoms with Crippen LogP contribution in [0.1, 0.15) is 74.9 Å². The number of aromatic nitrogens is 4. The van der Waals surface area contributed by atoms with Crippen LogP contribution in [-0.2, 0) is 39.0 Å². The highest BCUT2D eigenvalue weighted by Gasteiger charge is 2.58. The molecule has 6 heterocycles. The van der Waals surface area contributed by atoms with Gasteiger partial charge in [-0.25, -0.2) is 18.7 Å². The molecule has 6 unspecified atom stereocenters.